The Hall–Kier alpha value is -0.650. The lowest BCUT2D eigenvalue weighted by Gasteiger charge is -2.35. The summed E-state index contributed by atoms with van der Waals surface area (Å²) in [6, 6.07) is 0.281. The molecule has 0 aromatic heterocycles. The minimum Gasteiger partial charge on any atom is -0.379 e. The topological polar surface area (TPSA) is 44.8 Å². The third-order valence-electron chi connectivity index (χ3n) is 4.66. The average molecular weight is 267 g/mol. The molecule has 0 radical (unpaired) electrons. The van der Waals surface area contributed by atoms with E-state index < -0.39 is 0 Å². The van der Waals surface area contributed by atoms with Crippen LogP contribution < -0.4 is 5.32 Å². The van der Waals surface area contributed by atoms with Crippen molar-refractivity contribution in [2.24, 2.45) is 0 Å². The molecule has 1 saturated carbocycles. The van der Waals surface area contributed by atoms with Crippen LogP contribution in [0.25, 0.3) is 0 Å². The Morgan fingerprint density at radius 2 is 2.11 bits per heavy atom. The van der Waals surface area contributed by atoms with E-state index in [9.17, 15) is 4.79 Å². The number of nitrogens with zero attached hydrogens (tertiary/aromatic N) is 2. The molecular weight excluding hydrogens is 242 g/mol. The van der Waals surface area contributed by atoms with Gasteiger partial charge in [-0.2, -0.15) is 0 Å². The highest BCUT2D eigenvalue weighted by Crippen LogP contribution is 2.43. The molecule has 0 aromatic rings. The molecule has 3 rings (SSSR count). The Kier molecular flexibility index (Phi) is 3.53. The van der Waals surface area contributed by atoms with Gasteiger partial charge < -0.3 is 9.64 Å². The number of morpholine rings is 1. The van der Waals surface area contributed by atoms with Crippen LogP contribution in [0, 0.1) is 0 Å². The van der Waals surface area contributed by atoms with Crippen LogP contribution in [0.15, 0.2) is 0 Å². The molecule has 5 heteroatoms. The lowest BCUT2D eigenvalue weighted by atomic mass is 10.2. The minimum atomic E-state index is -0.181. The van der Waals surface area contributed by atoms with Crippen molar-refractivity contribution >= 4 is 5.91 Å². The molecule has 2 heterocycles. The molecule has 3 aliphatic rings. The van der Waals surface area contributed by atoms with Crippen LogP contribution in [0.1, 0.15) is 33.1 Å². The van der Waals surface area contributed by atoms with Crippen molar-refractivity contribution < 1.29 is 9.53 Å². The fraction of sp³-hybridized carbons (Fsp3) is 0.929. The molecule has 0 bridgehead atoms. The second-order valence-electron chi connectivity index (χ2n) is 6.12. The predicted molar refractivity (Wildman–Crippen MR) is 72.7 cm³/mol. The molecule has 5 nitrogen and oxygen atoms in total. The molecule has 1 N–H and O–H groups in total. The van der Waals surface area contributed by atoms with Crippen molar-refractivity contribution in [2.75, 3.05) is 32.8 Å². The number of ether oxygens (including phenoxy) is 1. The van der Waals surface area contributed by atoms with Crippen molar-refractivity contribution in [3.63, 3.8) is 0 Å². The highest BCUT2D eigenvalue weighted by molar-refractivity contribution is 5.92. The lowest BCUT2D eigenvalue weighted by Crippen LogP contribution is -2.50. The van der Waals surface area contributed by atoms with Gasteiger partial charge in [-0.05, 0) is 26.2 Å². The molecule has 0 aromatic carbocycles. The Labute approximate surface area is 115 Å². The largest absolute Gasteiger partial charge is 0.379 e. The van der Waals surface area contributed by atoms with Crippen molar-refractivity contribution in [1.29, 1.82) is 0 Å². The summed E-state index contributed by atoms with van der Waals surface area (Å²) in [6.07, 6.45) is 3.25. The maximum absolute atomic E-state index is 12.6. The third-order valence-corrected chi connectivity index (χ3v) is 4.66. The summed E-state index contributed by atoms with van der Waals surface area (Å²) in [5, 5.41) is 3.54. The third kappa shape index (κ3) is 2.39. The Balaban J connectivity index is 1.64. The van der Waals surface area contributed by atoms with Gasteiger partial charge in [-0.1, -0.05) is 6.92 Å². The number of amides is 1. The molecule has 2 saturated heterocycles. The second kappa shape index (κ2) is 5.04. The molecule has 19 heavy (non-hydrogen) atoms. The zero-order valence-electron chi connectivity index (χ0n) is 12.0. The van der Waals surface area contributed by atoms with E-state index in [0.29, 0.717) is 5.91 Å². The van der Waals surface area contributed by atoms with Crippen LogP contribution >= 0.6 is 0 Å². The van der Waals surface area contributed by atoms with Gasteiger partial charge >= 0.3 is 0 Å². The van der Waals surface area contributed by atoms with E-state index in [1.165, 1.54) is 0 Å². The fourth-order valence-electron chi connectivity index (χ4n) is 3.37. The summed E-state index contributed by atoms with van der Waals surface area (Å²) < 4.78 is 5.38. The van der Waals surface area contributed by atoms with E-state index in [4.69, 9.17) is 4.74 Å². The first-order valence-corrected chi connectivity index (χ1v) is 7.57. The van der Waals surface area contributed by atoms with Crippen LogP contribution in [0.4, 0.5) is 0 Å². The second-order valence-corrected chi connectivity index (χ2v) is 6.12. The molecule has 1 amide bonds. The Bertz CT molecular complexity index is 351. The van der Waals surface area contributed by atoms with Gasteiger partial charge in [-0.3, -0.25) is 15.0 Å². The first-order valence-electron chi connectivity index (χ1n) is 7.57. The highest BCUT2D eigenvalue weighted by Gasteiger charge is 2.59. The first-order chi connectivity index (χ1) is 9.16. The summed E-state index contributed by atoms with van der Waals surface area (Å²) in [5.41, 5.74) is -0.181. The molecular formula is C14H25N3O2. The summed E-state index contributed by atoms with van der Waals surface area (Å²) in [5.74, 6) is 0.333. The molecule has 1 aliphatic carbocycles. The number of hydrogen-bond donors (Lipinski definition) is 1. The molecule has 2 atom stereocenters. The SMILES string of the molecule is CCC1NC2(CC2)C(=O)N1C(C)CN1CCOCC1. The average Bonchev–Trinajstić information content (AvgIpc) is 3.13. The van der Waals surface area contributed by atoms with E-state index in [-0.39, 0.29) is 17.7 Å². The number of carbonyl (C=O) groups excluding carboxylic acids is 1. The number of hydrogen-bond acceptors (Lipinski definition) is 4. The normalized spacial score (nSPS) is 32.0. The van der Waals surface area contributed by atoms with Crippen molar-refractivity contribution in [3.8, 4) is 0 Å². The first kappa shape index (κ1) is 13.3. The molecule has 2 unspecified atom stereocenters. The van der Waals surface area contributed by atoms with Crippen LogP contribution in [0.5, 0.6) is 0 Å². The Morgan fingerprint density at radius 1 is 1.42 bits per heavy atom. The van der Waals surface area contributed by atoms with Gasteiger partial charge in [0, 0.05) is 25.7 Å². The zero-order valence-corrected chi connectivity index (χ0v) is 12.0. The van der Waals surface area contributed by atoms with Crippen LogP contribution in [0.2, 0.25) is 0 Å². The summed E-state index contributed by atoms with van der Waals surface area (Å²) in [7, 11) is 0. The van der Waals surface area contributed by atoms with E-state index in [0.717, 1.165) is 52.1 Å². The number of carbonyl (C=O) groups is 1. The zero-order chi connectivity index (χ0) is 13.5. The van der Waals surface area contributed by atoms with Gasteiger partial charge in [-0.25, -0.2) is 0 Å². The van der Waals surface area contributed by atoms with Gasteiger partial charge in [0.1, 0.15) is 0 Å². The van der Waals surface area contributed by atoms with E-state index >= 15 is 0 Å². The molecule has 108 valence electrons. The maximum Gasteiger partial charge on any atom is 0.244 e. The van der Waals surface area contributed by atoms with E-state index in [1.807, 2.05) is 0 Å². The fourth-order valence-corrected chi connectivity index (χ4v) is 3.37. The summed E-state index contributed by atoms with van der Waals surface area (Å²) in [6.45, 7) is 8.91. The lowest BCUT2D eigenvalue weighted by molar-refractivity contribution is -0.133. The number of nitrogens with one attached hydrogen (secondary N) is 1. The number of rotatable bonds is 4. The van der Waals surface area contributed by atoms with Gasteiger partial charge in [0.15, 0.2) is 0 Å². The van der Waals surface area contributed by atoms with Crippen LogP contribution in [0.3, 0.4) is 0 Å². The van der Waals surface area contributed by atoms with Gasteiger partial charge in [-0.15, -0.1) is 0 Å². The standard InChI is InChI=1S/C14H25N3O2/c1-3-12-15-14(4-5-14)13(18)17(12)11(2)10-16-6-8-19-9-7-16/h11-12,15H,3-10H2,1-2H3. The van der Waals surface area contributed by atoms with Crippen molar-refractivity contribution in [2.45, 2.75) is 50.9 Å². The Morgan fingerprint density at radius 3 is 2.68 bits per heavy atom. The minimum absolute atomic E-state index is 0.181. The quantitative estimate of drug-likeness (QED) is 0.801. The van der Waals surface area contributed by atoms with Crippen LogP contribution in [-0.2, 0) is 9.53 Å². The molecule has 2 aliphatic heterocycles. The van der Waals surface area contributed by atoms with Crippen LogP contribution in [-0.4, -0.2) is 66.3 Å². The van der Waals surface area contributed by atoms with E-state index in [2.05, 4.69) is 29.0 Å². The van der Waals surface area contributed by atoms with Crippen molar-refractivity contribution in [3.05, 3.63) is 0 Å². The van der Waals surface area contributed by atoms with Gasteiger partial charge in [0.25, 0.3) is 0 Å². The smallest absolute Gasteiger partial charge is 0.244 e. The maximum atomic E-state index is 12.6. The molecule has 1 spiro atoms. The summed E-state index contributed by atoms with van der Waals surface area (Å²) in [4.78, 5) is 17.1. The predicted octanol–water partition coefficient (Wildman–Crippen LogP) is 0.408. The monoisotopic (exact) mass is 267 g/mol. The molecule has 3 fully saturated rings. The summed E-state index contributed by atoms with van der Waals surface area (Å²) >= 11 is 0. The van der Waals surface area contributed by atoms with Gasteiger partial charge in [0.05, 0.1) is 24.9 Å². The van der Waals surface area contributed by atoms with E-state index in [1.54, 1.807) is 0 Å². The van der Waals surface area contributed by atoms with Crippen molar-refractivity contribution in [1.82, 2.24) is 15.1 Å². The highest BCUT2D eigenvalue weighted by atomic mass is 16.5. The van der Waals surface area contributed by atoms with Gasteiger partial charge in [0.2, 0.25) is 5.91 Å².